The van der Waals surface area contributed by atoms with Crippen molar-refractivity contribution in [2.45, 2.75) is 13.8 Å². The van der Waals surface area contributed by atoms with E-state index in [1.54, 1.807) is 12.1 Å². The first kappa shape index (κ1) is 13.6. The van der Waals surface area contributed by atoms with E-state index >= 15 is 0 Å². The third-order valence-corrected chi connectivity index (χ3v) is 4.18. The van der Waals surface area contributed by atoms with Crippen molar-refractivity contribution in [1.82, 2.24) is 0 Å². The first-order valence-corrected chi connectivity index (χ1v) is 6.42. The molecule has 1 aromatic carbocycles. The molecule has 96 valence electrons. The maximum Gasteiger partial charge on any atom is 0.225 e. The van der Waals surface area contributed by atoms with E-state index in [-0.39, 0.29) is 28.3 Å². The number of hydrogen-bond acceptors (Lipinski definition) is 1. The number of halogens is 3. The molecule has 0 bridgehead atoms. The van der Waals surface area contributed by atoms with Crippen molar-refractivity contribution in [2.24, 2.45) is 17.3 Å². The highest BCUT2D eigenvalue weighted by atomic mass is 35.5. The van der Waals surface area contributed by atoms with Crippen molar-refractivity contribution in [3.05, 3.63) is 41.7 Å². The highest BCUT2D eigenvalue weighted by Gasteiger charge is 2.60. The minimum atomic E-state index is -0.329. The molecule has 0 N–H and O–H groups in total. The summed E-state index contributed by atoms with van der Waals surface area (Å²) in [7, 11) is 0. The first-order valence-electron chi connectivity index (χ1n) is 5.66. The van der Waals surface area contributed by atoms with Crippen LogP contribution in [0.25, 0.3) is 5.03 Å². The average molecular weight is 287 g/mol. The van der Waals surface area contributed by atoms with Crippen LogP contribution in [0.1, 0.15) is 19.4 Å². The number of benzene rings is 1. The van der Waals surface area contributed by atoms with Crippen LogP contribution in [0.5, 0.6) is 0 Å². The molecule has 18 heavy (non-hydrogen) atoms. The van der Waals surface area contributed by atoms with Crippen molar-refractivity contribution in [3.8, 4) is 0 Å². The summed E-state index contributed by atoms with van der Waals surface area (Å²) in [5.41, 5.74) is 0.584. The number of carbonyl (C=O) groups is 1. The molecule has 2 unspecified atom stereocenters. The molecule has 0 aromatic heterocycles. The summed E-state index contributed by atoms with van der Waals surface area (Å²) in [5, 5.41) is 0.193. The molecule has 2 rings (SSSR count). The van der Waals surface area contributed by atoms with Crippen LogP contribution in [-0.4, -0.2) is 5.24 Å². The molecule has 2 atom stereocenters. The Morgan fingerprint density at radius 2 is 1.83 bits per heavy atom. The van der Waals surface area contributed by atoms with Gasteiger partial charge in [0.25, 0.3) is 0 Å². The van der Waals surface area contributed by atoms with Crippen LogP contribution in [0.4, 0.5) is 4.39 Å². The predicted molar refractivity (Wildman–Crippen MR) is 71.9 cm³/mol. The lowest BCUT2D eigenvalue weighted by molar-refractivity contribution is -0.113. The minimum Gasteiger partial charge on any atom is -0.281 e. The predicted octanol–water partition coefficient (Wildman–Crippen LogP) is 4.44. The molecule has 0 amide bonds. The molecule has 0 spiro atoms. The number of allylic oxidation sites excluding steroid dienone is 1. The lowest BCUT2D eigenvalue weighted by atomic mass is 10.1. The fourth-order valence-corrected chi connectivity index (χ4v) is 2.96. The van der Waals surface area contributed by atoms with E-state index in [9.17, 15) is 9.18 Å². The Morgan fingerprint density at radius 1 is 1.28 bits per heavy atom. The molecule has 0 aliphatic heterocycles. The van der Waals surface area contributed by atoms with Crippen LogP contribution in [-0.2, 0) is 4.79 Å². The Bertz CT molecular complexity index is 505. The fraction of sp³-hybridized carbons (Fsp3) is 0.357. The van der Waals surface area contributed by atoms with E-state index in [0.29, 0.717) is 5.03 Å². The molecule has 0 radical (unpaired) electrons. The van der Waals surface area contributed by atoms with Gasteiger partial charge in [-0.25, -0.2) is 4.39 Å². The van der Waals surface area contributed by atoms with Crippen LogP contribution in [0.3, 0.4) is 0 Å². The minimum absolute atomic E-state index is 0.0417. The zero-order valence-corrected chi connectivity index (χ0v) is 11.6. The third kappa shape index (κ3) is 2.45. The van der Waals surface area contributed by atoms with Gasteiger partial charge in [0.1, 0.15) is 5.82 Å². The van der Waals surface area contributed by atoms with Gasteiger partial charge in [0.15, 0.2) is 0 Å². The van der Waals surface area contributed by atoms with Crippen LogP contribution in [0, 0.1) is 23.1 Å². The van der Waals surface area contributed by atoms with E-state index < -0.39 is 0 Å². The number of hydrogen-bond donors (Lipinski definition) is 0. The van der Waals surface area contributed by atoms with Gasteiger partial charge in [0.05, 0.1) is 0 Å². The van der Waals surface area contributed by atoms with Gasteiger partial charge in [0, 0.05) is 11.0 Å². The lowest BCUT2D eigenvalue weighted by Gasteiger charge is -2.01. The molecular formula is C14H13Cl2FO. The molecule has 1 saturated carbocycles. The van der Waals surface area contributed by atoms with Crippen LogP contribution in [0.15, 0.2) is 30.3 Å². The summed E-state index contributed by atoms with van der Waals surface area (Å²) in [6.45, 7) is 3.96. The molecule has 1 nitrogen and oxygen atoms in total. The highest BCUT2D eigenvalue weighted by Crippen LogP contribution is 2.60. The smallest absolute Gasteiger partial charge is 0.225 e. The Labute approximate surface area is 116 Å². The molecule has 1 aromatic rings. The van der Waals surface area contributed by atoms with Gasteiger partial charge in [-0.15, -0.1) is 0 Å². The largest absolute Gasteiger partial charge is 0.281 e. The van der Waals surface area contributed by atoms with Crippen molar-refractivity contribution in [2.75, 3.05) is 0 Å². The highest BCUT2D eigenvalue weighted by molar-refractivity contribution is 6.64. The Hall–Kier alpha value is -0.860. The van der Waals surface area contributed by atoms with Gasteiger partial charge < -0.3 is 0 Å². The van der Waals surface area contributed by atoms with Crippen molar-refractivity contribution in [3.63, 3.8) is 0 Å². The summed E-state index contributed by atoms with van der Waals surface area (Å²) in [6, 6.07) is 5.93. The fourth-order valence-electron chi connectivity index (χ4n) is 2.29. The van der Waals surface area contributed by atoms with Crippen molar-refractivity contribution < 1.29 is 9.18 Å². The molecule has 0 saturated heterocycles. The third-order valence-electron chi connectivity index (χ3n) is 3.60. The molecule has 4 heteroatoms. The zero-order valence-electron chi connectivity index (χ0n) is 10.1. The second kappa shape index (κ2) is 4.67. The summed E-state index contributed by atoms with van der Waals surface area (Å²) < 4.78 is 12.8. The van der Waals surface area contributed by atoms with E-state index in [1.165, 1.54) is 12.1 Å². The summed E-state index contributed by atoms with van der Waals surface area (Å²) >= 11 is 11.7. The van der Waals surface area contributed by atoms with E-state index in [1.807, 2.05) is 19.9 Å². The zero-order chi connectivity index (χ0) is 13.5. The lowest BCUT2D eigenvalue weighted by Crippen LogP contribution is -1.96. The molecule has 1 fully saturated rings. The standard InChI is InChI=1S/C14H13Cl2FO/c1-14(2)10(12(14)13(16)18)7-11(15)8-3-5-9(17)6-4-8/h3-7,10,12H,1-2H3/b11-7-. The molecule has 1 aliphatic carbocycles. The van der Waals surface area contributed by atoms with Crippen LogP contribution >= 0.6 is 23.2 Å². The Morgan fingerprint density at radius 3 is 2.28 bits per heavy atom. The van der Waals surface area contributed by atoms with Crippen LogP contribution in [0.2, 0.25) is 0 Å². The van der Waals surface area contributed by atoms with E-state index in [2.05, 4.69) is 0 Å². The van der Waals surface area contributed by atoms with Gasteiger partial charge >= 0.3 is 0 Å². The second-order valence-corrected chi connectivity index (χ2v) is 5.93. The maximum atomic E-state index is 12.8. The summed E-state index contributed by atoms with van der Waals surface area (Å²) in [4.78, 5) is 11.2. The molecule has 1 aliphatic rings. The second-order valence-electron chi connectivity index (χ2n) is 5.15. The Balaban J connectivity index is 2.20. The number of carbonyl (C=O) groups excluding carboxylic acids is 1. The Kier molecular flexibility index (Phi) is 3.52. The maximum absolute atomic E-state index is 12.8. The van der Waals surface area contributed by atoms with E-state index in [4.69, 9.17) is 23.2 Å². The summed E-state index contributed by atoms with van der Waals surface area (Å²) in [5.74, 6) is -0.447. The average Bonchev–Trinajstić information content (AvgIpc) is 2.81. The van der Waals surface area contributed by atoms with Gasteiger partial charge in [-0.3, -0.25) is 4.79 Å². The van der Waals surface area contributed by atoms with Crippen molar-refractivity contribution in [1.29, 1.82) is 0 Å². The monoisotopic (exact) mass is 286 g/mol. The normalized spacial score (nSPS) is 25.9. The van der Waals surface area contributed by atoms with Crippen molar-refractivity contribution >= 4 is 33.5 Å². The van der Waals surface area contributed by atoms with Gasteiger partial charge in [-0.05, 0) is 40.6 Å². The SMILES string of the molecule is CC1(C)C(/C=C(\Cl)c2ccc(F)cc2)C1C(=O)Cl. The first-order chi connectivity index (χ1) is 8.34. The topological polar surface area (TPSA) is 17.1 Å². The van der Waals surface area contributed by atoms with E-state index in [0.717, 1.165) is 5.56 Å². The molecule has 0 heterocycles. The van der Waals surface area contributed by atoms with Gasteiger partial charge in [0.2, 0.25) is 5.24 Å². The summed E-state index contributed by atoms with van der Waals surface area (Å²) in [6.07, 6.45) is 1.83. The van der Waals surface area contributed by atoms with Gasteiger partial charge in [-0.2, -0.15) is 0 Å². The molecular weight excluding hydrogens is 274 g/mol. The number of rotatable bonds is 3. The van der Waals surface area contributed by atoms with Gasteiger partial charge in [-0.1, -0.05) is 43.7 Å². The van der Waals surface area contributed by atoms with Crippen LogP contribution < -0.4 is 0 Å². The quantitative estimate of drug-likeness (QED) is 0.751.